The molecule has 1 aliphatic rings. The van der Waals surface area contributed by atoms with Crippen LogP contribution in [0.4, 0.5) is 0 Å². The first-order chi connectivity index (χ1) is 8.41. The zero-order valence-corrected chi connectivity index (χ0v) is 11.4. The molecule has 0 aliphatic carbocycles. The van der Waals surface area contributed by atoms with Gasteiger partial charge in [-0.2, -0.15) is 15.7 Å². The number of hydrogen-bond donors (Lipinski definition) is 1. The van der Waals surface area contributed by atoms with Crippen molar-refractivity contribution in [3.63, 3.8) is 0 Å². The van der Waals surface area contributed by atoms with Crippen molar-refractivity contribution in [3.8, 4) is 0 Å². The van der Waals surface area contributed by atoms with Gasteiger partial charge in [-0.05, 0) is 12.2 Å². The second kappa shape index (κ2) is 14.9. The number of hydrogen-bond acceptors (Lipinski definition) is 3. The van der Waals surface area contributed by atoms with E-state index in [2.05, 4.69) is 29.6 Å². The maximum absolute atomic E-state index is 3.61. The SMILES string of the molecule is C1=CC=NNN=C1.CCCCCCCCCC. The van der Waals surface area contributed by atoms with E-state index in [0.29, 0.717) is 0 Å². The summed E-state index contributed by atoms with van der Waals surface area (Å²) < 4.78 is 0. The van der Waals surface area contributed by atoms with Crippen LogP contribution in [-0.2, 0) is 0 Å². The molecule has 1 N–H and O–H groups in total. The van der Waals surface area contributed by atoms with Crippen molar-refractivity contribution in [3.05, 3.63) is 12.2 Å². The first-order valence-corrected chi connectivity index (χ1v) is 6.88. The van der Waals surface area contributed by atoms with Crippen LogP contribution in [0.1, 0.15) is 65.2 Å². The van der Waals surface area contributed by atoms with Crippen molar-refractivity contribution in [2.24, 2.45) is 10.2 Å². The molecule has 0 aromatic heterocycles. The summed E-state index contributed by atoms with van der Waals surface area (Å²) in [6.07, 6.45) is 18.3. The van der Waals surface area contributed by atoms with E-state index in [1.54, 1.807) is 24.6 Å². The van der Waals surface area contributed by atoms with E-state index in [1.165, 1.54) is 51.4 Å². The quantitative estimate of drug-likeness (QED) is 0.660. The third-order valence-electron chi connectivity index (χ3n) is 2.50. The third kappa shape index (κ3) is 14.9. The summed E-state index contributed by atoms with van der Waals surface area (Å²) in [7, 11) is 0. The lowest BCUT2D eigenvalue weighted by molar-refractivity contribution is 0.585. The summed E-state index contributed by atoms with van der Waals surface area (Å²) >= 11 is 0. The summed E-state index contributed by atoms with van der Waals surface area (Å²) in [5, 5.41) is 7.22. The molecule has 0 atom stereocenters. The van der Waals surface area contributed by atoms with Gasteiger partial charge in [0.25, 0.3) is 0 Å². The molecule has 0 saturated carbocycles. The van der Waals surface area contributed by atoms with Crippen molar-refractivity contribution in [2.75, 3.05) is 0 Å². The fourth-order valence-electron chi connectivity index (χ4n) is 1.49. The van der Waals surface area contributed by atoms with Crippen LogP contribution in [0.25, 0.3) is 0 Å². The lowest BCUT2D eigenvalue weighted by Crippen LogP contribution is -1.90. The molecule has 17 heavy (non-hydrogen) atoms. The highest BCUT2D eigenvalue weighted by Crippen LogP contribution is 2.07. The Morgan fingerprint density at radius 1 is 0.706 bits per heavy atom. The number of nitrogens with one attached hydrogen (secondary N) is 1. The summed E-state index contributed by atoms with van der Waals surface area (Å²) in [5.41, 5.74) is 2.42. The molecule has 0 fully saturated rings. The Labute approximate surface area is 106 Å². The highest BCUT2D eigenvalue weighted by molar-refractivity contribution is 5.81. The van der Waals surface area contributed by atoms with Crippen LogP contribution in [0.15, 0.2) is 22.4 Å². The lowest BCUT2D eigenvalue weighted by Gasteiger charge is -1.97. The van der Waals surface area contributed by atoms with Gasteiger partial charge in [0.2, 0.25) is 0 Å². The minimum absolute atomic E-state index is 1.37. The molecule has 0 aromatic rings. The first-order valence-electron chi connectivity index (χ1n) is 6.88. The van der Waals surface area contributed by atoms with E-state index >= 15 is 0 Å². The molecule has 3 heteroatoms. The van der Waals surface area contributed by atoms with Crippen LogP contribution in [0.3, 0.4) is 0 Å². The molecule has 0 saturated heterocycles. The molecule has 0 unspecified atom stereocenters. The lowest BCUT2D eigenvalue weighted by atomic mass is 10.1. The van der Waals surface area contributed by atoms with Crippen LogP contribution in [-0.4, -0.2) is 12.4 Å². The second-order valence-corrected chi connectivity index (χ2v) is 4.16. The molecule has 1 aliphatic heterocycles. The highest BCUT2D eigenvalue weighted by Gasteiger charge is 1.87. The first kappa shape index (κ1) is 15.9. The number of allylic oxidation sites excluding steroid dienone is 2. The molecule has 0 bridgehead atoms. The van der Waals surface area contributed by atoms with E-state index < -0.39 is 0 Å². The topological polar surface area (TPSA) is 36.8 Å². The highest BCUT2D eigenvalue weighted by atomic mass is 15.5. The summed E-state index contributed by atoms with van der Waals surface area (Å²) in [4.78, 5) is 0. The van der Waals surface area contributed by atoms with Gasteiger partial charge in [-0.3, -0.25) is 0 Å². The smallest absolute Gasteiger partial charge is 0.0489 e. The van der Waals surface area contributed by atoms with E-state index in [9.17, 15) is 0 Å². The Bertz CT molecular complexity index is 198. The summed E-state index contributed by atoms with van der Waals surface area (Å²) in [6, 6.07) is 0. The van der Waals surface area contributed by atoms with Gasteiger partial charge in [-0.1, -0.05) is 65.2 Å². The Kier molecular flexibility index (Phi) is 13.9. The molecular formula is C14H27N3. The maximum Gasteiger partial charge on any atom is 0.0489 e. The van der Waals surface area contributed by atoms with Crippen LogP contribution in [0, 0.1) is 0 Å². The van der Waals surface area contributed by atoms with Gasteiger partial charge in [0.05, 0.1) is 0 Å². The van der Waals surface area contributed by atoms with Gasteiger partial charge >= 0.3 is 0 Å². The molecule has 0 amide bonds. The van der Waals surface area contributed by atoms with Gasteiger partial charge in [0.15, 0.2) is 0 Å². The second-order valence-electron chi connectivity index (χ2n) is 4.16. The predicted octanol–water partition coefficient (Wildman–Crippen LogP) is 4.26. The van der Waals surface area contributed by atoms with Crippen LogP contribution < -0.4 is 5.53 Å². The monoisotopic (exact) mass is 237 g/mol. The van der Waals surface area contributed by atoms with E-state index in [4.69, 9.17) is 0 Å². The van der Waals surface area contributed by atoms with Gasteiger partial charge < -0.3 is 0 Å². The summed E-state index contributed by atoms with van der Waals surface area (Å²) in [6.45, 7) is 4.54. The molecule has 1 rings (SSSR count). The van der Waals surface area contributed by atoms with Crippen molar-refractivity contribution in [1.82, 2.24) is 5.53 Å². The molecular weight excluding hydrogens is 210 g/mol. The fraction of sp³-hybridized carbons (Fsp3) is 0.714. The Morgan fingerprint density at radius 3 is 1.53 bits per heavy atom. The normalized spacial score (nSPS) is 12.6. The largest absolute Gasteiger partial charge is 0.198 e. The van der Waals surface area contributed by atoms with Crippen molar-refractivity contribution in [1.29, 1.82) is 0 Å². The van der Waals surface area contributed by atoms with Crippen LogP contribution in [0.2, 0.25) is 0 Å². The zero-order valence-electron chi connectivity index (χ0n) is 11.4. The van der Waals surface area contributed by atoms with Crippen molar-refractivity contribution < 1.29 is 0 Å². The molecule has 1 heterocycles. The van der Waals surface area contributed by atoms with E-state index in [-0.39, 0.29) is 0 Å². The number of unbranched alkanes of at least 4 members (excludes halogenated alkanes) is 7. The standard InChI is InChI=1S/C10H22.C4H5N3/c1-3-5-7-9-10-8-6-4-2;1-2-4-6-7-5-3-1/h3-10H2,1-2H3;1-4,7H. The van der Waals surface area contributed by atoms with Crippen LogP contribution >= 0.6 is 0 Å². The van der Waals surface area contributed by atoms with Crippen molar-refractivity contribution >= 4 is 12.4 Å². The average molecular weight is 237 g/mol. The average Bonchev–Trinajstić information content (AvgIpc) is 2.67. The van der Waals surface area contributed by atoms with E-state index in [0.717, 1.165) is 0 Å². The van der Waals surface area contributed by atoms with E-state index in [1.807, 2.05) is 0 Å². The Hall–Kier alpha value is -1.12. The molecule has 98 valence electrons. The maximum atomic E-state index is 3.61. The number of nitrogens with zero attached hydrogens (tertiary/aromatic N) is 2. The minimum atomic E-state index is 1.37. The van der Waals surface area contributed by atoms with Crippen LogP contribution in [0.5, 0.6) is 0 Å². The zero-order chi connectivity index (χ0) is 12.6. The predicted molar refractivity (Wildman–Crippen MR) is 77.5 cm³/mol. The van der Waals surface area contributed by atoms with Gasteiger partial charge in [0.1, 0.15) is 0 Å². The minimum Gasteiger partial charge on any atom is -0.198 e. The fourth-order valence-corrected chi connectivity index (χ4v) is 1.49. The van der Waals surface area contributed by atoms with Crippen molar-refractivity contribution in [2.45, 2.75) is 65.2 Å². The molecule has 0 aromatic carbocycles. The molecule has 3 nitrogen and oxygen atoms in total. The number of rotatable bonds is 7. The van der Waals surface area contributed by atoms with Gasteiger partial charge in [0, 0.05) is 12.4 Å². The van der Waals surface area contributed by atoms with Gasteiger partial charge in [-0.15, -0.1) is 0 Å². The number of hydrazone groups is 2. The molecule has 0 radical (unpaired) electrons. The Morgan fingerprint density at radius 2 is 1.12 bits per heavy atom. The third-order valence-corrected chi connectivity index (χ3v) is 2.50. The van der Waals surface area contributed by atoms with Gasteiger partial charge in [-0.25, -0.2) is 0 Å². The summed E-state index contributed by atoms with van der Waals surface area (Å²) in [5.74, 6) is 0. The Balaban J connectivity index is 0.000000318. The molecule has 0 spiro atoms.